The molecule has 2 aromatic rings. The summed E-state index contributed by atoms with van der Waals surface area (Å²) in [7, 11) is 0. The first-order chi connectivity index (χ1) is 17.5. The third-order valence-electron chi connectivity index (χ3n) is 7.23. The van der Waals surface area contributed by atoms with Crippen molar-refractivity contribution in [2.75, 3.05) is 62.7 Å². The number of aryl methyl sites for hydroxylation is 2. The second-order valence-electron chi connectivity index (χ2n) is 10.0. The molecule has 1 saturated heterocycles. The summed E-state index contributed by atoms with van der Waals surface area (Å²) in [6, 6.07) is 13.1. The molecule has 0 unspecified atom stereocenters. The van der Waals surface area contributed by atoms with Gasteiger partial charge in [0.05, 0.1) is 13.2 Å². The number of thiocarbonyl (C=S) groups is 1. The molecule has 4 rings (SSSR count). The number of ether oxygens (including phenoxy) is 1. The van der Waals surface area contributed by atoms with Crippen LogP contribution in [0.25, 0.3) is 0 Å². The van der Waals surface area contributed by atoms with Crippen LogP contribution < -0.4 is 10.2 Å². The average Bonchev–Trinajstić information content (AvgIpc) is 2.89. The van der Waals surface area contributed by atoms with Crippen LogP contribution in [0.5, 0.6) is 0 Å². The first-order valence-corrected chi connectivity index (χ1v) is 14.3. The monoisotopic (exact) mass is 528 g/mol. The number of unbranched alkanes of at least 4 members (excludes halogenated alkanes) is 1. The highest BCUT2D eigenvalue weighted by Gasteiger charge is 2.19. The minimum atomic E-state index is 0.749. The third-order valence-corrected chi connectivity index (χ3v) is 8.00. The van der Waals surface area contributed by atoms with Gasteiger partial charge in [-0.15, -0.1) is 0 Å². The normalized spacial score (nSPS) is 16.0. The maximum absolute atomic E-state index is 6.37. The predicted molar refractivity (Wildman–Crippen MR) is 157 cm³/mol. The Morgan fingerprint density at radius 3 is 2.69 bits per heavy atom. The maximum Gasteiger partial charge on any atom is 0.173 e. The van der Waals surface area contributed by atoms with Gasteiger partial charge in [-0.1, -0.05) is 43.1 Å². The van der Waals surface area contributed by atoms with E-state index in [0.717, 1.165) is 86.7 Å². The number of rotatable bonds is 10. The highest BCUT2D eigenvalue weighted by Crippen LogP contribution is 2.29. The Bertz CT molecular complexity index is 1010. The van der Waals surface area contributed by atoms with Crippen molar-refractivity contribution in [3.05, 3.63) is 58.1 Å². The number of hydrogen-bond donors (Lipinski definition) is 1. The van der Waals surface area contributed by atoms with Gasteiger partial charge >= 0.3 is 0 Å². The van der Waals surface area contributed by atoms with Gasteiger partial charge < -0.3 is 19.9 Å². The molecule has 0 bridgehead atoms. The van der Waals surface area contributed by atoms with Gasteiger partial charge in [-0.25, -0.2) is 0 Å². The Hall–Kier alpha value is -1.86. The summed E-state index contributed by atoms with van der Waals surface area (Å²) in [5, 5.41) is 4.95. The van der Waals surface area contributed by atoms with Gasteiger partial charge in [0.25, 0.3) is 0 Å². The molecule has 2 heterocycles. The lowest BCUT2D eigenvalue weighted by Gasteiger charge is -2.33. The topological polar surface area (TPSA) is 31.0 Å². The van der Waals surface area contributed by atoms with Gasteiger partial charge in [-0.05, 0) is 79.7 Å². The summed E-state index contributed by atoms with van der Waals surface area (Å²) < 4.78 is 5.51. The van der Waals surface area contributed by atoms with Crippen LogP contribution >= 0.6 is 23.8 Å². The number of anilines is 2. The Labute approximate surface area is 227 Å². The van der Waals surface area contributed by atoms with E-state index in [-0.39, 0.29) is 0 Å². The van der Waals surface area contributed by atoms with Crippen LogP contribution in [0.4, 0.5) is 11.4 Å². The first-order valence-electron chi connectivity index (χ1n) is 13.5. The Kier molecular flexibility index (Phi) is 10.3. The van der Waals surface area contributed by atoms with Crippen molar-refractivity contribution in [1.29, 1.82) is 0 Å². The van der Waals surface area contributed by atoms with Crippen LogP contribution in [-0.2, 0) is 17.7 Å². The fraction of sp³-hybridized carbons (Fsp3) is 0.552. The van der Waals surface area contributed by atoms with E-state index < -0.39 is 0 Å². The standard InChI is InChI=1S/C29H41ClN4OS/c1-3-4-13-33-14-5-7-25-20-24(9-11-28(25)33)22-34(15-6-12-32-16-18-35-19-17-32)29(36)31-26-10-8-23(2)27(30)21-26/h8-11,20-21H,3-7,12-19,22H2,1-2H3,(H,31,36). The summed E-state index contributed by atoms with van der Waals surface area (Å²) in [5.74, 6) is 0. The number of nitrogens with zero attached hydrogens (tertiary/aromatic N) is 3. The fourth-order valence-electron chi connectivity index (χ4n) is 5.06. The van der Waals surface area contributed by atoms with Gasteiger partial charge in [-0.2, -0.15) is 0 Å². The molecule has 196 valence electrons. The molecule has 1 N–H and O–H groups in total. The van der Waals surface area contributed by atoms with E-state index in [2.05, 4.69) is 45.1 Å². The highest BCUT2D eigenvalue weighted by atomic mass is 35.5. The van der Waals surface area contributed by atoms with E-state index in [9.17, 15) is 0 Å². The maximum atomic E-state index is 6.37. The summed E-state index contributed by atoms with van der Waals surface area (Å²) >= 11 is 12.3. The molecule has 0 aliphatic carbocycles. The molecule has 5 nitrogen and oxygen atoms in total. The van der Waals surface area contributed by atoms with Gasteiger partial charge in [0.1, 0.15) is 0 Å². The van der Waals surface area contributed by atoms with E-state index in [1.807, 2.05) is 25.1 Å². The van der Waals surface area contributed by atoms with Crippen molar-refractivity contribution in [2.45, 2.75) is 52.5 Å². The summed E-state index contributed by atoms with van der Waals surface area (Å²) in [6.07, 6.45) is 5.94. The third kappa shape index (κ3) is 7.58. The van der Waals surface area contributed by atoms with Crippen LogP contribution in [0.15, 0.2) is 36.4 Å². The molecule has 2 aromatic carbocycles. The molecule has 0 aromatic heterocycles. The van der Waals surface area contributed by atoms with Crippen LogP contribution in [0.2, 0.25) is 5.02 Å². The van der Waals surface area contributed by atoms with E-state index >= 15 is 0 Å². The van der Waals surface area contributed by atoms with Crippen molar-refractivity contribution in [3.63, 3.8) is 0 Å². The largest absolute Gasteiger partial charge is 0.379 e. The lowest BCUT2D eigenvalue weighted by atomic mass is 9.98. The van der Waals surface area contributed by atoms with Crippen molar-refractivity contribution in [3.8, 4) is 0 Å². The smallest absolute Gasteiger partial charge is 0.173 e. The van der Waals surface area contributed by atoms with Gasteiger partial charge in [-0.3, -0.25) is 4.90 Å². The van der Waals surface area contributed by atoms with Gasteiger partial charge in [0, 0.05) is 62.2 Å². The Morgan fingerprint density at radius 2 is 1.92 bits per heavy atom. The first kappa shape index (κ1) is 27.2. The molecule has 0 amide bonds. The zero-order valence-electron chi connectivity index (χ0n) is 21.9. The molecule has 2 aliphatic rings. The van der Waals surface area contributed by atoms with Crippen LogP contribution in [0.3, 0.4) is 0 Å². The van der Waals surface area contributed by atoms with E-state index in [1.54, 1.807) is 0 Å². The highest BCUT2D eigenvalue weighted by molar-refractivity contribution is 7.80. The second-order valence-corrected chi connectivity index (χ2v) is 10.8. The minimum Gasteiger partial charge on any atom is -0.379 e. The van der Waals surface area contributed by atoms with Gasteiger partial charge in [0.2, 0.25) is 0 Å². The molecule has 0 radical (unpaired) electrons. The van der Waals surface area contributed by atoms with Crippen LogP contribution in [0.1, 0.15) is 49.3 Å². The van der Waals surface area contributed by atoms with Crippen molar-refractivity contribution < 1.29 is 4.74 Å². The van der Waals surface area contributed by atoms with E-state index in [4.69, 9.17) is 28.6 Å². The molecular weight excluding hydrogens is 488 g/mol. The van der Waals surface area contributed by atoms with Crippen LogP contribution in [-0.4, -0.2) is 67.4 Å². The number of halogens is 1. The molecule has 1 fully saturated rings. The SMILES string of the molecule is CCCCN1CCCc2cc(CN(CCCN3CCOCC3)C(=S)Nc3ccc(C)c(Cl)c3)ccc21. The molecule has 2 aliphatic heterocycles. The number of hydrogen-bond acceptors (Lipinski definition) is 4. The zero-order chi connectivity index (χ0) is 25.3. The average molecular weight is 529 g/mol. The second kappa shape index (κ2) is 13.6. The molecule has 0 atom stereocenters. The van der Waals surface area contributed by atoms with Gasteiger partial charge in [0.15, 0.2) is 5.11 Å². The fourth-order valence-corrected chi connectivity index (χ4v) is 5.52. The van der Waals surface area contributed by atoms with E-state index in [1.165, 1.54) is 42.6 Å². The number of benzene rings is 2. The van der Waals surface area contributed by atoms with E-state index in [0.29, 0.717) is 0 Å². The summed E-state index contributed by atoms with van der Waals surface area (Å²) in [6.45, 7) is 13.1. The number of nitrogens with one attached hydrogen (secondary N) is 1. The summed E-state index contributed by atoms with van der Waals surface area (Å²) in [4.78, 5) is 7.37. The van der Waals surface area contributed by atoms with Crippen molar-refractivity contribution in [2.24, 2.45) is 0 Å². The minimum absolute atomic E-state index is 0.749. The molecule has 0 saturated carbocycles. The zero-order valence-corrected chi connectivity index (χ0v) is 23.5. The molecule has 0 spiro atoms. The lowest BCUT2D eigenvalue weighted by molar-refractivity contribution is 0.0368. The van der Waals surface area contributed by atoms with Crippen molar-refractivity contribution >= 4 is 40.3 Å². The summed E-state index contributed by atoms with van der Waals surface area (Å²) in [5.41, 5.74) is 6.23. The number of morpholine rings is 1. The van der Waals surface area contributed by atoms with Crippen LogP contribution in [0, 0.1) is 6.92 Å². The quantitative estimate of drug-likeness (QED) is 0.374. The Morgan fingerprint density at radius 1 is 1.08 bits per heavy atom. The molecule has 36 heavy (non-hydrogen) atoms. The van der Waals surface area contributed by atoms with Crippen molar-refractivity contribution in [1.82, 2.24) is 9.80 Å². The lowest BCUT2D eigenvalue weighted by Crippen LogP contribution is -2.40. The molecule has 7 heteroatoms. The Balaban J connectivity index is 1.45. The number of fused-ring (bicyclic) bond motifs is 1. The predicted octanol–water partition coefficient (Wildman–Crippen LogP) is 6.12. The molecular formula is C29H41ClN4OS.